The fourth-order valence-corrected chi connectivity index (χ4v) is 2.54. The first-order valence-corrected chi connectivity index (χ1v) is 7.14. The maximum atomic E-state index is 12.8. The van der Waals surface area contributed by atoms with Gasteiger partial charge < -0.3 is 10.2 Å². The Morgan fingerprint density at radius 3 is 2.19 bits per heavy atom. The van der Waals surface area contributed by atoms with E-state index in [9.17, 15) is 9.18 Å². The maximum Gasteiger partial charge on any atom is 0.255 e. The van der Waals surface area contributed by atoms with Gasteiger partial charge in [-0.25, -0.2) is 4.39 Å². The fourth-order valence-electron chi connectivity index (χ4n) is 2.54. The summed E-state index contributed by atoms with van der Waals surface area (Å²) in [6, 6.07) is 13.4. The zero-order valence-electron chi connectivity index (χ0n) is 11.7. The maximum absolute atomic E-state index is 12.8. The summed E-state index contributed by atoms with van der Waals surface area (Å²) < 4.78 is 12.8. The molecule has 1 fully saturated rings. The van der Waals surface area contributed by atoms with Crippen molar-refractivity contribution in [1.29, 1.82) is 0 Å². The summed E-state index contributed by atoms with van der Waals surface area (Å²) in [5.41, 5.74) is 2.37. The van der Waals surface area contributed by atoms with Crippen molar-refractivity contribution in [3.8, 4) is 0 Å². The molecule has 0 spiro atoms. The van der Waals surface area contributed by atoms with Crippen molar-refractivity contribution in [2.75, 3.05) is 23.3 Å². The quantitative estimate of drug-likeness (QED) is 0.932. The molecule has 1 N–H and O–H groups in total. The number of anilines is 2. The molecule has 0 saturated carbocycles. The van der Waals surface area contributed by atoms with Crippen LogP contribution in [0.15, 0.2) is 48.5 Å². The normalized spacial score (nSPS) is 14.2. The predicted molar refractivity (Wildman–Crippen MR) is 82.2 cm³/mol. The van der Waals surface area contributed by atoms with Crippen molar-refractivity contribution in [3.05, 3.63) is 59.9 Å². The number of hydrogen-bond acceptors (Lipinski definition) is 2. The van der Waals surface area contributed by atoms with E-state index in [2.05, 4.69) is 10.2 Å². The van der Waals surface area contributed by atoms with Gasteiger partial charge in [-0.2, -0.15) is 0 Å². The van der Waals surface area contributed by atoms with E-state index in [1.807, 2.05) is 24.3 Å². The number of amides is 1. The Hall–Kier alpha value is -2.36. The van der Waals surface area contributed by atoms with Gasteiger partial charge >= 0.3 is 0 Å². The van der Waals surface area contributed by atoms with Crippen LogP contribution >= 0.6 is 0 Å². The first-order chi connectivity index (χ1) is 10.2. The summed E-state index contributed by atoms with van der Waals surface area (Å²) in [5, 5.41) is 2.82. The van der Waals surface area contributed by atoms with Crippen LogP contribution in [-0.4, -0.2) is 19.0 Å². The van der Waals surface area contributed by atoms with Crippen LogP contribution in [0.25, 0.3) is 0 Å². The van der Waals surface area contributed by atoms with Crippen LogP contribution in [0.1, 0.15) is 23.2 Å². The van der Waals surface area contributed by atoms with Crippen molar-refractivity contribution in [2.45, 2.75) is 12.8 Å². The van der Waals surface area contributed by atoms with Crippen LogP contribution in [0.5, 0.6) is 0 Å². The molecular formula is C17H17FN2O. The number of carbonyl (C=O) groups excluding carboxylic acids is 1. The van der Waals surface area contributed by atoms with E-state index in [0.717, 1.165) is 18.8 Å². The zero-order chi connectivity index (χ0) is 14.7. The number of nitrogens with one attached hydrogen (secondary N) is 1. The van der Waals surface area contributed by atoms with E-state index < -0.39 is 0 Å². The second-order valence-electron chi connectivity index (χ2n) is 5.20. The van der Waals surface area contributed by atoms with Gasteiger partial charge in [0.15, 0.2) is 0 Å². The molecule has 1 saturated heterocycles. The monoisotopic (exact) mass is 284 g/mol. The minimum absolute atomic E-state index is 0.232. The van der Waals surface area contributed by atoms with E-state index >= 15 is 0 Å². The van der Waals surface area contributed by atoms with Gasteiger partial charge in [0.2, 0.25) is 0 Å². The lowest BCUT2D eigenvalue weighted by Crippen LogP contribution is -2.17. The molecule has 0 unspecified atom stereocenters. The van der Waals surface area contributed by atoms with E-state index in [0.29, 0.717) is 5.56 Å². The predicted octanol–water partition coefficient (Wildman–Crippen LogP) is 3.68. The van der Waals surface area contributed by atoms with Gasteiger partial charge in [0.1, 0.15) is 5.82 Å². The van der Waals surface area contributed by atoms with Crippen LogP contribution in [0.3, 0.4) is 0 Å². The Morgan fingerprint density at radius 2 is 1.57 bits per heavy atom. The Labute approximate surface area is 123 Å². The molecule has 1 aliphatic rings. The van der Waals surface area contributed by atoms with Gasteiger partial charge in [0.05, 0.1) is 0 Å². The molecule has 1 amide bonds. The molecule has 2 aromatic carbocycles. The third kappa shape index (κ3) is 3.21. The lowest BCUT2D eigenvalue weighted by Gasteiger charge is -2.17. The zero-order valence-corrected chi connectivity index (χ0v) is 11.7. The Bertz CT molecular complexity index is 616. The fraction of sp³-hybridized carbons (Fsp3) is 0.235. The smallest absolute Gasteiger partial charge is 0.255 e. The van der Waals surface area contributed by atoms with Crippen molar-refractivity contribution in [1.82, 2.24) is 0 Å². The van der Waals surface area contributed by atoms with Gasteiger partial charge in [0.25, 0.3) is 5.91 Å². The SMILES string of the molecule is O=C(Nc1ccc(N2CCCC2)cc1)c1ccc(F)cc1. The molecule has 4 heteroatoms. The number of hydrogen-bond donors (Lipinski definition) is 1. The molecule has 1 heterocycles. The van der Waals surface area contributed by atoms with Crippen LogP contribution in [0, 0.1) is 5.82 Å². The highest BCUT2D eigenvalue weighted by atomic mass is 19.1. The van der Waals surface area contributed by atoms with Gasteiger partial charge in [-0.3, -0.25) is 4.79 Å². The van der Waals surface area contributed by atoms with Gasteiger partial charge in [-0.05, 0) is 61.4 Å². The molecule has 21 heavy (non-hydrogen) atoms. The van der Waals surface area contributed by atoms with E-state index in [1.54, 1.807) is 0 Å². The van der Waals surface area contributed by atoms with E-state index in [4.69, 9.17) is 0 Å². The molecule has 0 bridgehead atoms. The third-order valence-corrected chi connectivity index (χ3v) is 3.70. The highest BCUT2D eigenvalue weighted by Crippen LogP contribution is 2.22. The Balaban J connectivity index is 1.67. The molecule has 3 rings (SSSR count). The number of rotatable bonds is 3. The van der Waals surface area contributed by atoms with E-state index in [1.165, 1.54) is 42.8 Å². The first kappa shape index (κ1) is 13.6. The molecule has 0 radical (unpaired) electrons. The summed E-state index contributed by atoms with van der Waals surface area (Å²) in [6.45, 7) is 2.20. The molecular weight excluding hydrogens is 267 g/mol. The summed E-state index contributed by atoms with van der Waals surface area (Å²) in [4.78, 5) is 14.4. The van der Waals surface area contributed by atoms with Crippen molar-refractivity contribution in [2.24, 2.45) is 0 Å². The molecule has 108 valence electrons. The Kier molecular flexibility index (Phi) is 3.86. The molecule has 0 atom stereocenters. The van der Waals surface area contributed by atoms with Crippen LogP contribution < -0.4 is 10.2 Å². The summed E-state index contributed by atoms with van der Waals surface area (Å²) in [7, 11) is 0. The van der Waals surface area contributed by atoms with Crippen LogP contribution in [0.2, 0.25) is 0 Å². The number of carbonyl (C=O) groups is 1. The van der Waals surface area contributed by atoms with Crippen molar-refractivity contribution < 1.29 is 9.18 Å². The second kappa shape index (κ2) is 5.95. The molecule has 2 aromatic rings. The molecule has 3 nitrogen and oxygen atoms in total. The van der Waals surface area contributed by atoms with Crippen molar-refractivity contribution in [3.63, 3.8) is 0 Å². The van der Waals surface area contributed by atoms with Crippen LogP contribution in [-0.2, 0) is 0 Å². The highest BCUT2D eigenvalue weighted by molar-refractivity contribution is 6.04. The average molecular weight is 284 g/mol. The van der Waals surface area contributed by atoms with Crippen LogP contribution in [0.4, 0.5) is 15.8 Å². The summed E-state index contributed by atoms with van der Waals surface area (Å²) >= 11 is 0. The molecule has 0 aliphatic carbocycles. The van der Waals surface area contributed by atoms with Gasteiger partial charge in [-0.15, -0.1) is 0 Å². The minimum atomic E-state index is -0.346. The topological polar surface area (TPSA) is 32.3 Å². The second-order valence-corrected chi connectivity index (χ2v) is 5.20. The molecule has 0 aromatic heterocycles. The van der Waals surface area contributed by atoms with Gasteiger partial charge in [0, 0.05) is 30.0 Å². The van der Waals surface area contributed by atoms with E-state index in [-0.39, 0.29) is 11.7 Å². The minimum Gasteiger partial charge on any atom is -0.372 e. The molecule has 1 aliphatic heterocycles. The first-order valence-electron chi connectivity index (χ1n) is 7.14. The lowest BCUT2D eigenvalue weighted by molar-refractivity contribution is 0.102. The van der Waals surface area contributed by atoms with Gasteiger partial charge in [-0.1, -0.05) is 0 Å². The standard InChI is InChI=1S/C17H17FN2O/c18-14-5-3-13(4-6-14)17(21)19-15-7-9-16(10-8-15)20-11-1-2-12-20/h3-10H,1-2,11-12H2,(H,19,21). The largest absolute Gasteiger partial charge is 0.372 e. The summed E-state index contributed by atoms with van der Waals surface area (Å²) in [5.74, 6) is -0.578. The Morgan fingerprint density at radius 1 is 0.952 bits per heavy atom. The number of nitrogens with zero attached hydrogens (tertiary/aromatic N) is 1. The lowest BCUT2D eigenvalue weighted by atomic mass is 10.2. The highest BCUT2D eigenvalue weighted by Gasteiger charge is 2.12. The summed E-state index contributed by atoms with van der Waals surface area (Å²) in [6.07, 6.45) is 2.48. The third-order valence-electron chi connectivity index (χ3n) is 3.70. The number of halogens is 1. The van der Waals surface area contributed by atoms with Crippen molar-refractivity contribution >= 4 is 17.3 Å². The number of benzene rings is 2. The average Bonchev–Trinajstić information content (AvgIpc) is 3.03.